The third kappa shape index (κ3) is 4.11. The van der Waals surface area contributed by atoms with Crippen LogP contribution in [0.5, 0.6) is 5.75 Å². The molecule has 0 aliphatic carbocycles. The summed E-state index contributed by atoms with van der Waals surface area (Å²) in [5, 5.41) is 4.06. The number of carbonyl (C=O) groups is 1. The molecule has 5 nitrogen and oxygen atoms in total. The van der Waals surface area contributed by atoms with Crippen LogP contribution in [0.4, 0.5) is 10.7 Å². The molecule has 0 radical (unpaired) electrons. The molecule has 3 N–H and O–H groups in total. The van der Waals surface area contributed by atoms with Gasteiger partial charge in [0.25, 0.3) is 0 Å². The van der Waals surface area contributed by atoms with E-state index < -0.39 is 0 Å². The number of hydrogen-bond donors (Lipinski definition) is 2. The maximum absolute atomic E-state index is 11.8. The standard InChI is InChI=1S/C13H22N2O3S/c1-4-9(16)12-10(14)11(17-3)13(19-12)15-7-6-8-18-5-2/h15H,4-8,14H2,1-3H3. The second-order valence-electron chi connectivity index (χ2n) is 3.96. The van der Waals surface area contributed by atoms with E-state index in [0.717, 1.165) is 24.6 Å². The van der Waals surface area contributed by atoms with Crippen LogP contribution in [-0.2, 0) is 4.74 Å². The van der Waals surface area contributed by atoms with Crippen molar-refractivity contribution < 1.29 is 14.3 Å². The van der Waals surface area contributed by atoms with Crippen LogP contribution >= 0.6 is 11.3 Å². The summed E-state index contributed by atoms with van der Waals surface area (Å²) >= 11 is 1.36. The topological polar surface area (TPSA) is 73.6 Å². The van der Waals surface area contributed by atoms with Gasteiger partial charge in [0, 0.05) is 26.2 Å². The van der Waals surface area contributed by atoms with Crippen molar-refractivity contribution in [2.45, 2.75) is 26.7 Å². The minimum Gasteiger partial charge on any atom is -0.492 e. The SMILES string of the molecule is CCOCCCNc1sc(C(=O)CC)c(N)c1OC. The number of nitrogens with one attached hydrogen (secondary N) is 1. The molecule has 0 saturated carbocycles. The van der Waals surface area contributed by atoms with Crippen molar-refractivity contribution in [2.75, 3.05) is 37.9 Å². The van der Waals surface area contributed by atoms with Crippen molar-refractivity contribution in [1.29, 1.82) is 0 Å². The lowest BCUT2D eigenvalue weighted by Crippen LogP contribution is -2.05. The van der Waals surface area contributed by atoms with Crippen molar-refractivity contribution in [1.82, 2.24) is 0 Å². The molecule has 0 aliphatic heterocycles. The number of rotatable bonds is 9. The fraction of sp³-hybridized carbons (Fsp3) is 0.615. The molecule has 1 aromatic heterocycles. The van der Waals surface area contributed by atoms with Crippen LogP contribution in [0.15, 0.2) is 0 Å². The summed E-state index contributed by atoms with van der Waals surface area (Å²) < 4.78 is 10.5. The molecule has 0 aliphatic rings. The Bertz CT molecular complexity index is 418. The molecule has 1 rings (SSSR count). The summed E-state index contributed by atoms with van der Waals surface area (Å²) in [5.41, 5.74) is 6.38. The average molecular weight is 286 g/mol. The van der Waals surface area contributed by atoms with Gasteiger partial charge in [-0.05, 0) is 13.3 Å². The summed E-state index contributed by atoms with van der Waals surface area (Å²) in [5.74, 6) is 0.612. The lowest BCUT2D eigenvalue weighted by atomic mass is 10.2. The highest BCUT2D eigenvalue weighted by Gasteiger charge is 2.20. The van der Waals surface area contributed by atoms with E-state index in [4.69, 9.17) is 15.2 Å². The van der Waals surface area contributed by atoms with E-state index in [1.54, 1.807) is 7.11 Å². The van der Waals surface area contributed by atoms with E-state index in [1.165, 1.54) is 11.3 Å². The Morgan fingerprint density at radius 2 is 2.16 bits per heavy atom. The van der Waals surface area contributed by atoms with Gasteiger partial charge in [0.2, 0.25) is 0 Å². The quantitative estimate of drug-likeness (QED) is 0.539. The zero-order chi connectivity index (χ0) is 14.3. The highest BCUT2D eigenvalue weighted by molar-refractivity contribution is 7.19. The van der Waals surface area contributed by atoms with Gasteiger partial charge in [0.1, 0.15) is 5.00 Å². The maximum Gasteiger partial charge on any atom is 0.176 e. The van der Waals surface area contributed by atoms with E-state index in [-0.39, 0.29) is 5.78 Å². The number of ketones is 1. The highest BCUT2D eigenvalue weighted by Crippen LogP contribution is 2.42. The molecule has 0 aromatic carbocycles. The van der Waals surface area contributed by atoms with E-state index >= 15 is 0 Å². The first-order valence-corrected chi connectivity index (χ1v) is 7.28. The van der Waals surface area contributed by atoms with Crippen molar-refractivity contribution in [3.63, 3.8) is 0 Å². The average Bonchev–Trinajstić information content (AvgIpc) is 2.74. The molecule has 0 bridgehead atoms. The monoisotopic (exact) mass is 286 g/mol. The Balaban J connectivity index is 2.69. The molecule has 108 valence electrons. The Kier molecular flexibility index (Phi) is 6.66. The molecule has 19 heavy (non-hydrogen) atoms. The van der Waals surface area contributed by atoms with Crippen LogP contribution in [0.1, 0.15) is 36.4 Å². The lowest BCUT2D eigenvalue weighted by Gasteiger charge is -2.06. The third-order valence-electron chi connectivity index (χ3n) is 2.63. The molecule has 0 fully saturated rings. The Labute approximate surface area is 118 Å². The fourth-order valence-corrected chi connectivity index (χ4v) is 2.76. The van der Waals surface area contributed by atoms with Gasteiger partial charge < -0.3 is 20.5 Å². The summed E-state index contributed by atoms with van der Waals surface area (Å²) in [6.45, 7) is 6.00. The first kappa shape index (κ1) is 15.8. The van der Waals surface area contributed by atoms with E-state index in [9.17, 15) is 4.79 Å². The number of hydrogen-bond acceptors (Lipinski definition) is 6. The first-order chi connectivity index (χ1) is 9.15. The van der Waals surface area contributed by atoms with Crippen LogP contribution in [0.25, 0.3) is 0 Å². The van der Waals surface area contributed by atoms with Crippen molar-refractivity contribution in [2.24, 2.45) is 0 Å². The van der Waals surface area contributed by atoms with Gasteiger partial charge in [-0.1, -0.05) is 6.92 Å². The van der Waals surface area contributed by atoms with E-state index in [0.29, 0.717) is 29.3 Å². The predicted molar refractivity (Wildman–Crippen MR) is 79.5 cm³/mol. The van der Waals surface area contributed by atoms with Crippen molar-refractivity contribution in [3.05, 3.63) is 4.88 Å². The molecular formula is C13H22N2O3S. The number of nitrogens with two attached hydrogens (primary N) is 1. The van der Waals surface area contributed by atoms with E-state index in [2.05, 4.69) is 5.32 Å². The van der Waals surface area contributed by atoms with Crippen molar-refractivity contribution >= 4 is 27.8 Å². The summed E-state index contributed by atoms with van der Waals surface area (Å²) in [7, 11) is 1.56. The number of Topliss-reactive ketones (excluding diaryl/α,β-unsaturated/α-hetero) is 1. The molecule has 0 atom stereocenters. The minimum absolute atomic E-state index is 0.0446. The fourth-order valence-electron chi connectivity index (χ4n) is 1.64. The largest absolute Gasteiger partial charge is 0.492 e. The number of thiophene rings is 1. The molecule has 0 amide bonds. The number of anilines is 2. The molecular weight excluding hydrogens is 264 g/mol. The van der Waals surface area contributed by atoms with Crippen LogP contribution < -0.4 is 15.8 Å². The Morgan fingerprint density at radius 1 is 1.42 bits per heavy atom. The van der Waals surface area contributed by atoms with Gasteiger partial charge in [0.15, 0.2) is 11.5 Å². The van der Waals surface area contributed by atoms with Gasteiger partial charge in [-0.3, -0.25) is 4.79 Å². The summed E-state index contributed by atoms with van der Waals surface area (Å²) in [6, 6.07) is 0. The lowest BCUT2D eigenvalue weighted by molar-refractivity contribution is 0.0992. The molecule has 0 unspecified atom stereocenters. The third-order valence-corrected chi connectivity index (χ3v) is 3.82. The van der Waals surface area contributed by atoms with Crippen molar-refractivity contribution in [3.8, 4) is 5.75 Å². The Morgan fingerprint density at radius 3 is 2.74 bits per heavy atom. The second kappa shape index (κ2) is 8.01. The second-order valence-corrected chi connectivity index (χ2v) is 4.98. The predicted octanol–water partition coefficient (Wildman–Crippen LogP) is 2.77. The molecule has 6 heteroatoms. The molecule has 1 aromatic rings. The highest BCUT2D eigenvalue weighted by atomic mass is 32.1. The van der Waals surface area contributed by atoms with Crippen LogP contribution in [0, 0.1) is 0 Å². The summed E-state index contributed by atoms with van der Waals surface area (Å²) in [4.78, 5) is 12.3. The summed E-state index contributed by atoms with van der Waals surface area (Å²) in [6.07, 6.45) is 1.34. The van der Waals surface area contributed by atoms with Gasteiger partial charge in [-0.15, -0.1) is 11.3 Å². The zero-order valence-corrected chi connectivity index (χ0v) is 12.6. The zero-order valence-electron chi connectivity index (χ0n) is 11.7. The van der Waals surface area contributed by atoms with Gasteiger partial charge in [-0.25, -0.2) is 0 Å². The van der Waals surface area contributed by atoms with Gasteiger partial charge in [-0.2, -0.15) is 0 Å². The number of ether oxygens (including phenoxy) is 2. The number of carbonyl (C=O) groups excluding carboxylic acids is 1. The van der Waals surface area contributed by atoms with Crippen LogP contribution in [0.2, 0.25) is 0 Å². The maximum atomic E-state index is 11.8. The smallest absolute Gasteiger partial charge is 0.176 e. The van der Waals surface area contributed by atoms with Gasteiger partial charge >= 0.3 is 0 Å². The number of nitrogen functional groups attached to an aromatic ring is 1. The van der Waals surface area contributed by atoms with Crippen LogP contribution in [-0.4, -0.2) is 32.7 Å². The first-order valence-electron chi connectivity index (χ1n) is 6.46. The normalized spacial score (nSPS) is 10.5. The van der Waals surface area contributed by atoms with Crippen LogP contribution in [0.3, 0.4) is 0 Å². The molecule has 1 heterocycles. The molecule has 0 spiro atoms. The van der Waals surface area contributed by atoms with E-state index in [1.807, 2.05) is 13.8 Å². The molecule has 0 saturated heterocycles. The van der Waals surface area contributed by atoms with Gasteiger partial charge in [0.05, 0.1) is 17.7 Å². The Hall–Kier alpha value is -1.27. The minimum atomic E-state index is 0.0446. The number of methoxy groups -OCH3 is 1.